The molecule has 0 saturated heterocycles. The molecule has 0 aromatic heterocycles. The number of halogens is 2. The molecule has 0 fully saturated rings. The predicted molar refractivity (Wildman–Crippen MR) is 322 cm³/mol. The molecule has 84 heavy (non-hydrogen) atoms. The van der Waals surface area contributed by atoms with Crippen LogP contribution in [0.2, 0.25) is 10.0 Å². The van der Waals surface area contributed by atoms with E-state index >= 15 is 0 Å². The van der Waals surface area contributed by atoms with Crippen LogP contribution in [0.1, 0.15) is 184 Å². The monoisotopic (exact) mass is 1200 g/mol. The summed E-state index contributed by atoms with van der Waals surface area (Å²) in [7, 11) is 2.94. The number of rotatable bonds is 17. The van der Waals surface area contributed by atoms with E-state index in [0.29, 0.717) is 40.0 Å². The topological polar surface area (TPSA) is 292 Å². The number of aliphatic carboxylic acids is 2. The second-order valence-electron chi connectivity index (χ2n) is 20.2. The summed E-state index contributed by atoms with van der Waals surface area (Å²) in [5, 5.41) is 74.4. The number of carboxylic acid groups (broad SMARTS) is 6. The lowest BCUT2D eigenvalue weighted by molar-refractivity contribution is -0.139. The lowest BCUT2D eigenvalue weighted by Gasteiger charge is -2.18. The molecule has 0 saturated carbocycles. The maximum atomic E-state index is 11.1. The number of aryl methyl sites for hydroxylation is 3. The Balaban J connectivity index is 0.000000217. The summed E-state index contributed by atoms with van der Waals surface area (Å²) >= 11 is 11.4. The molecule has 0 spiro atoms. The molecule has 6 aromatic rings. The molecule has 3 aliphatic carbocycles. The first-order valence-electron chi connectivity index (χ1n) is 27.5. The number of aliphatic hydroxyl groups is 1. The zero-order valence-electron chi connectivity index (χ0n) is 47.9. The molecule has 0 amide bonds. The SMILES string of the molecule is CCCCCCCCC(=O)O.COc1c(Cl)cc(C(=O)O)cc1Cl.COc1ccc2c(c1)C(C(=O)O)CC2O.Cc1ccc(C(C)C)c(C(=O)O)c1O.O=C(O)c1ccc(OC2C=CCCC2)cc1.O=C(O)c1ccc2c3c(cccc13)CC2. The molecule has 9 rings (SSSR count). The Morgan fingerprint density at radius 3 is 1.82 bits per heavy atom. The van der Waals surface area contributed by atoms with Crippen LogP contribution in [0.4, 0.5) is 0 Å². The Labute approximate surface area is 498 Å². The average Bonchev–Trinajstić information content (AvgIpc) is 3.10. The van der Waals surface area contributed by atoms with Gasteiger partial charge in [0.05, 0.1) is 53.0 Å². The van der Waals surface area contributed by atoms with Gasteiger partial charge in [-0.15, -0.1) is 0 Å². The third-order valence-corrected chi connectivity index (χ3v) is 14.5. The molecule has 3 unspecified atom stereocenters. The summed E-state index contributed by atoms with van der Waals surface area (Å²) in [5.74, 6) is -4.50. The Bertz CT molecular complexity index is 3230. The highest BCUT2D eigenvalue weighted by Gasteiger charge is 2.34. The lowest BCUT2D eigenvalue weighted by Crippen LogP contribution is -2.15. The van der Waals surface area contributed by atoms with Crippen LogP contribution in [0.25, 0.3) is 10.8 Å². The lowest BCUT2D eigenvalue weighted by atomic mass is 9.94. The number of hydrogen-bond donors (Lipinski definition) is 8. The molecule has 0 radical (unpaired) electrons. The van der Waals surface area contributed by atoms with Crippen LogP contribution in [-0.2, 0) is 22.4 Å². The van der Waals surface area contributed by atoms with E-state index in [1.54, 1.807) is 67.6 Å². The first-order valence-corrected chi connectivity index (χ1v) is 28.3. The van der Waals surface area contributed by atoms with Crippen molar-refractivity contribution in [2.24, 2.45) is 0 Å². The predicted octanol–water partition coefficient (Wildman–Crippen LogP) is 14.9. The van der Waals surface area contributed by atoms with Crippen LogP contribution in [0.3, 0.4) is 0 Å². The van der Waals surface area contributed by atoms with Crippen LogP contribution in [-0.4, -0.2) is 97.0 Å². The van der Waals surface area contributed by atoms with Gasteiger partial charge in [-0.2, -0.15) is 0 Å². The second kappa shape index (κ2) is 33.9. The molecule has 3 atom stereocenters. The summed E-state index contributed by atoms with van der Waals surface area (Å²) in [6, 6.07) is 27.3. The number of aromatic hydroxyl groups is 1. The number of carbonyl (C=O) groups is 6. The maximum absolute atomic E-state index is 11.1. The second-order valence-corrected chi connectivity index (χ2v) is 21.1. The summed E-state index contributed by atoms with van der Waals surface area (Å²) < 4.78 is 15.6. The van der Waals surface area contributed by atoms with Gasteiger partial charge in [-0.05, 0) is 163 Å². The zero-order chi connectivity index (χ0) is 62.2. The summed E-state index contributed by atoms with van der Waals surface area (Å²) in [5.41, 5.74) is 5.95. The quantitative estimate of drug-likeness (QED) is 0.0311. The number of unbranched alkanes of at least 4 members (excludes halogenated alkanes) is 5. The molecule has 450 valence electrons. The van der Waals surface area contributed by atoms with Crippen molar-refractivity contribution >= 4 is 69.8 Å². The third-order valence-electron chi connectivity index (χ3n) is 13.9. The van der Waals surface area contributed by atoms with E-state index in [-0.39, 0.29) is 56.7 Å². The molecular formula is C65H74Cl2O17. The highest BCUT2D eigenvalue weighted by Crippen LogP contribution is 2.42. The van der Waals surface area contributed by atoms with Crippen LogP contribution < -0.4 is 14.2 Å². The third kappa shape index (κ3) is 20.1. The Hall–Kier alpha value is -8.12. The Morgan fingerprint density at radius 1 is 0.667 bits per heavy atom. The van der Waals surface area contributed by atoms with Gasteiger partial charge in [-0.1, -0.05) is 125 Å². The van der Waals surface area contributed by atoms with Crippen LogP contribution >= 0.6 is 23.2 Å². The van der Waals surface area contributed by atoms with Gasteiger partial charge in [0.1, 0.15) is 28.9 Å². The first-order chi connectivity index (χ1) is 39.9. The van der Waals surface area contributed by atoms with E-state index < -0.39 is 47.8 Å². The van der Waals surface area contributed by atoms with E-state index in [9.17, 15) is 39.0 Å². The number of methoxy groups -OCH3 is 2. The van der Waals surface area contributed by atoms with Gasteiger partial charge in [0.15, 0.2) is 5.75 Å². The van der Waals surface area contributed by atoms with Crippen LogP contribution in [0, 0.1) is 6.92 Å². The largest absolute Gasteiger partial charge is 0.507 e. The summed E-state index contributed by atoms with van der Waals surface area (Å²) in [6.07, 6.45) is 16.5. The van der Waals surface area contributed by atoms with Crippen molar-refractivity contribution in [1.82, 2.24) is 0 Å². The number of aromatic carboxylic acids is 4. The number of hydrogen-bond acceptors (Lipinski definition) is 11. The first kappa shape index (κ1) is 68.4. The van der Waals surface area contributed by atoms with Gasteiger partial charge in [0, 0.05) is 6.42 Å². The minimum absolute atomic E-state index is 0.0278. The van der Waals surface area contributed by atoms with Crippen molar-refractivity contribution in [1.29, 1.82) is 0 Å². The van der Waals surface area contributed by atoms with Crippen molar-refractivity contribution in [3.63, 3.8) is 0 Å². The highest BCUT2D eigenvalue weighted by atomic mass is 35.5. The number of ether oxygens (including phenoxy) is 3. The number of carboxylic acids is 6. The maximum Gasteiger partial charge on any atom is 0.339 e. The van der Waals surface area contributed by atoms with Gasteiger partial charge in [0.2, 0.25) is 0 Å². The molecule has 3 aliphatic rings. The summed E-state index contributed by atoms with van der Waals surface area (Å²) in [6.45, 7) is 7.66. The fourth-order valence-corrected chi connectivity index (χ4v) is 10.2. The van der Waals surface area contributed by atoms with Crippen molar-refractivity contribution in [3.05, 3.63) is 175 Å². The molecule has 6 aromatic carbocycles. The van der Waals surface area contributed by atoms with Gasteiger partial charge < -0.3 is 55.1 Å². The number of benzene rings is 6. The number of fused-ring (bicyclic) bond motifs is 1. The highest BCUT2D eigenvalue weighted by molar-refractivity contribution is 6.37. The standard InChI is InChI=1S/C13H14O3.C13H10O2.C11H12O4.C11H14O3.C9H18O2.C8H6Cl2O3/c14-13(15)10-6-8-12(9-7-10)16-11-4-2-1-3-5-11;14-13(15)11-7-6-9-5-4-8-2-1-3-10(11)12(8)9;1-15-6-2-3-7-8(4-6)9(11(13)14)5-10(7)12;1-6(2)8-5-4-7(3)10(12)9(8)11(13)14;1-2-3-4-5-6-7-8-9(10)11;1-13-7-5(9)2-4(8(11)12)3-6(7)10/h2,4,6-9,11H,1,3,5H2,(H,14,15);1-3,6-7H,4-5H2,(H,14,15);2-4,9-10,12H,5H2,1H3,(H,13,14);4-6,12H,1-3H3,(H,13,14);2-8H2,1H3,(H,10,11);2-3H,1H3,(H,11,12). The number of aliphatic hydroxyl groups excluding tert-OH is 1. The van der Waals surface area contributed by atoms with E-state index in [0.717, 1.165) is 61.5 Å². The van der Waals surface area contributed by atoms with Crippen molar-refractivity contribution in [3.8, 4) is 23.0 Å². The fourth-order valence-electron chi connectivity index (χ4n) is 9.51. The van der Waals surface area contributed by atoms with Gasteiger partial charge >= 0.3 is 35.8 Å². The van der Waals surface area contributed by atoms with Crippen LogP contribution in [0.5, 0.6) is 23.0 Å². The van der Waals surface area contributed by atoms with Crippen LogP contribution in [0.15, 0.2) is 109 Å². The van der Waals surface area contributed by atoms with Crippen molar-refractivity contribution in [2.75, 3.05) is 14.2 Å². The fraction of sp³-hybridized carbons (Fsp3) is 0.354. The average molecular weight is 1200 g/mol. The molecule has 8 N–H and O–H groups in total. The molecular weight excluding hydrogens is 1120 g/mol. The molecule has 19 heteroatoms. The normalized spacial score (nSPS) is 14.9. The smallest absolute Gasteiger partial charge is 0.339 e. The van der Waals surface area contributed by atoms with E-state index in [1.807, 2.05) is 32.0 Å². The van der Waals surface area contributed by atoms with E-state index in [1.165, 1.54) is 63.2 Å². The van der Waals surface area contributed by atoms with Gasteiger partial charge in [-0.3, -0.25) is 9.59 Å². The minimum Gasteiger partial charge on any atom is -0.507 e. The van der Waals surface area contributed by atoms with E-state index in [4.69, 9.17) is 68.1 Å². The molecule has 0 aliphatic heterocycles. The molecule has 0 bridgehead atoms. The minimum atomic E-state index is -1.08. The van der Waals surface area contributed by atoms with Gasteiger partial charge in [0.25, 0.3) is 0 Å². The molecule has 17 nitrogen and oxygen atoms in total. The number of phenols is 1. The van der Waals surface area contributed by atoms with Crippen molar-refractivity contribution < 1.29 is 83.8 Å². The number of allylic oxidation sites excluding steroid dienone is 1. The molecule has 0 heterocycles. The Kier molecular flexibility index (Phi) is 27.6. The zero-order valence-corrected chi connectivity index (χ0v) is 49.4. The summed E-state index contributed by atoms with van der Waals surface area (Å²) in [4.78, 5) is 64.2. The van der Waals surface area contributed by atoms with Gasteiger partial charge in [-0.25, -0.2) is 19.2 Å². The van der Waals surface area contributed by atoms with Crippen molar-refractivity contribution in [2.45, 2.75) is 135 Å². The Morgan fingerprint density at radius 2 is 1.29 bits per heavy atom. The van der Waals surface area contributed by atoms with E-state index in [2.05, 4.69) is 25.1 Å².